The first kappa shape index (κ1) is 19.1. The standard InChI is InChI=1S/C19H28N2O4/c1-24-16-8-4-5-9-17(16)25-15-11-18(22)20-12-7-14-21-13-6-2-3-10-19(21)23/h4-5,8-9H,2-3,6-7,10-15H2,1H3,(H,20,22). The van der Waals surface area contributed by atoms with Gasteiger partial charge in [-0.3, -0.25) is 9.59 Å². The number of benzene rings is 1. The van der Waals surface area contributed by atoms with Crippen molar-refractivity contribution in [2.45, 2.75) is 38.5 Å². The molecule has 1 aliphatic rings. The molecule has 0 spiro atoms. The molecule has 6 heteroatoms. The molecule has 1 N–H and O–H groups in total. The Balaban J connectivity index is 1.58. The second-order valence-electron chi connectivity index (χ2n) is 6.14. The third-order valence-corrected chi connectivity index (χ3v) is 4.25. The van der Waals surface area contributed by atoms with E-state index in [4.69, 9.17) is 9.47 Å². The summed E-state index contributed by atoms with van der Waals surface area (Å²) in [5, 5.41) is 2.88. The second kappa shape index (κ2) is 10.6. The van der Waals surface area contributed by atoms with Crippen molar-refractivity contribution >= 4 is 11.8 Å². The van der Waals surface area contributed by atoms with Crippen LogP contribution in [0.5, 0.6) is 11.5 Å². The molecule has 2 rings (SSSR count). The number of amides is 2. The van der Waals surface area contributed by atoms with Gasteiger partial charge in [0.1, 0.15) is 0 Å². The summed E-state index contributed by atoms with van der Waals surface area (Å²) in [6.45, 7) is 2.45. The number of nitrogens with zero attached hydrogens (tertiary/aromatic N) is 1. The highest BCUT2D eigenvalue weighted by Crippen LogP contribution is 2.25. The number of para-hydroxylation sites is 2. The van der Waals surface area contributed by atoms with E-state index in [-0.39, 0.29) is 11.8 Å². The predicted molar refractivity (Wildman–Crippen MR) is 95.8 cm³/mol. The summed E-state index contributed by atoms with van der Waals surface area (Å²) in [5.74, 6) is 1.49. The summed E-state index contributed by atoms with van der Waals surface area (Å²) in [6.07, 6.45) is 4.94. The van der Waals surface area contributed by atoms with E-state index in [1.807, 2.05) is 29.2 Å². The van der Waals surface area contributed by atoms with Gasteiger partial charge in [0.05, 0.1) is 20.1 Å². The van der Waals surface area contributed by atoms with Crippen molar-refractivity contribution in [2.75, 3.05) is 33.4 Å². The lowest BCUT2D eigenvalue weighted by atomic mass is 10.2. The van der Waals surface area contributed by atoms with Crippen LogP contribution in [0, 0.1) is 0 Å². The van der Waals surface area contributed by atoms with Crippen LogP contribution in [0.3, 0.4) is 0 Å². The molecule has 1 aliphatic heterocycles. The molecule has 1 heterocycles. The topological polar surface area (TPSA) is 67.9 Å². The van der Waals surface area contributed by atoms with E-state index in [1.54, 1.807) is 7.11 Å². The Hall–Kier alpha value is -2.24. The quantitative estimate of drug-likeness (QED) is 0.696. The van der Waals surface area contributed by atoms with Crippen LogP contribution in [0.25, 0.3) is 0 Å². The van der Waals surface area contributed by atoms with Crippen molar-refractivity contribution in [3.63, 3.8) is 0 Å². The van der Waals surface area contributed by atoms with Crippen LogP contribution in [0.4, 0.5) is 0 Å². The molecule has 0 aliphatic carbocycles. The maximum absolute atomic E-state index is 11.9. The Kier molecular flexibility index (Phi) is 8.09. The molecule has 0 radical (unpaired) electrons. The van der Waals surface area contributed by atoms with Gasteiger partial charge in [-0.15, -0.1) is 0 Å². The van der Waals surface area contributed by atoms with E-state index in [0.29, 0.717) is 37.5 Å². The fraction of sp³-hybridized carbons (Fsp3) is 0.579. The Morgan fingerprint density at radius 3 is 2.80 bits per heavy atom. The molecular weight excluding hydrogens is 320 g/mol. The minimum Gasteiger partial charge on any atom is -0.493 e. The van der Waals surface area contributed by atoms with Crippen molar-refractivity contribution < 1.29 is 19.1 Å². The summed E-state index contributed by atoms with van der Waals surface area (Å²) in [6, 6.07) is 7.37. The van der Waals surface area contributed by atoms with Gasteiger partial charge < -0.3 is 19.7 Å². The maximum atomic E-state index is 11.9. The minimum atomic E-state index is -0.0444. The van der Waals surface area contributed by atoms with E-state index in [0.717, 1.165) is 38.8 Å². The predicted octanol–water partition coefficient (Wildman–Crippen LogP) is 2.37. The molecule has 1 fully saturated rings. The summed E-state index contributed by atoms with van der Waals surface area (Å²) in [5.41, 5.74) is 0. The van der Waals surface area contributed by atoms with E-state index >= 15 is 0 Å². The number of rotatable bonds is 9. The normalized spacial score (nSPS) is 14.8. The molecule has 2 amide bonds. The fourth-order valence-electron chi connectivity index (χ4n) is 2.85. The number of carbonyl (C=O) groups is 2. The maximum Gasteiger partial charge on any atom is 0.223 e. The Bertz CT molecular complexity index is 562. The second-order valence-corrected chi connectivity index (χ2v) is 6.14. The van der Waals surface area contributed by atoms with Gasteiger partial charge in [0.2, 0.25) is 11.8 Å². The van der Waals surface area contributed by atoms with Crippen LogP contribution in [-0.2, 0) is 9.59 Å². The molecular formula is C19H28N2O4. The monoisotopic (exact) mass is 348 g/mol. The van der Waals surface area contributed by atoms with Gasteiger partial charge in [-0.1, -0.05) is 18.6 Å². The zero-order valence-electron chi connectivity index (χ0n) is 15.0. The number of nitrogens with one attached hydrogen (secondary N) is 1. The van der Waals surface area contributed by atoms with Crippen LogP contribution >= 0.6 is 0 Å². The number of hydrogen-bond donors (Lipinski definition) is 1. The van der Waals surface area contributed by atoms with Crippen molar-refractivity contribution in [1.29, 1.82) is 0 Å². The number of hydrogen-bond acceptors (Lipinski definition) is 4. The Morgan fingerprint density at radius 2 is 2.00 bits per heavy atom. The average molecular weight is 348 g/mol. The van der Waals surface area contributed by atoms with Gasteiger partial charge in [0, 0.05) is 26.1 Å². The first-order chi connectivity index (χ1) is 12.2. The minimum absolute atomic E-state index is 0.0444. The molecule has 1 saturated heterocycles. The van der Waals surface area contributed by atoms with Gasteiger partial charge in [0.25, 0.3) is 0 Å². The Morgan fingerprint density at radius 1 is 1.20 bits per heavy atom. The van der Waals surface area contributed by atoms with Crippen molar-refractivity contribution in [2.24, 2.45) is 0 Å². The Labute approximate surface area is 149 Å². The zero-order valence-corrected chi connectivity index (χ0v) is 15.0. The molecule has 1 aromatic rings. The summed E-state index contributed by atoms with van der Waals surface area (Å²) < 4.78 is 10.8. The molecule has 6 nitrogen and oxygen atoms in total. The summed E-state index contributed by atoms with van der Waals surface area (Å²) in [4.78, 5) is 25.7. The van der Waals surface area contributed by atoms with E-state index in [2.05, 4.69) is 5.32 Å². The zero-order chi connectivity index (χ0) is 17.9. The van der Waals surface area contributed by atoms with Crippen LogP contribution in [0.15, 0.2) is 24.3 Å². The third-order valence-electron chi connectivity index (χ3n) is 4.25. The smallest absolute Gasteiger partial charge is 0.223 e. The average Bonchev–Trinajstić information content (AvgIpc) is 2.83. The van der Waals surface area contributed by atoms with Crippen LogP contribution < -0.4 is 14.8 Å². The SMILES string of the molecule is COc1ccccc1OCCC(=O)NCCCN1CCCCCC1=O. The molecule has 0 unspecified atom stereocenters. The van der Waals surface area contributed by atoms with Crippen LogP contribution in [0.2, 0.25) is 0 Å². The molecule has 0 atom stereocenters. The number of likely N-dealkylation sites (tertiary alicyclic amines) is 1. The fourth-order valence-corrected chi connectivity index (χ4v) is 2.85. The molecule has 0 bridgehead atoms. The molecule has 1 aromatic carbocycles. The van der Waals surface area contributed by atoms with Gasteiger partial charge in [-0.05, 0) is 31.4 Å². The first-order valence-corrected chi connectivity index (χ1v) is 9.01. The number of carbonyl (C=O) groups excluding carboxylic acids is 2. The van der Waals surface area contributed by atoms with Crippen molar-refractivity contribution in [3.05, 3.63) is 24.3 Å². The number of methoxy groups -OCH3 is 1. The lowest BCUT2D eigenvalue weighted by Gasteiger charge is -2.20. The summed E-state index contributed by atoms with van der Waals surface area (Å²) >= 11 is 0. The number of ether oxygens (including phenoxy) is 2. The first-order valence-electron chi connectivity index (χ1n) is 9.01. The highest BCUT2D eigenvalue weighted by atomic mass is 16.5. The third kappa shape index (κ3) is 6.64. The highest BCUT2D eigenvalue weighted by Gasteiger charge is 2.15. The molecule has 138 valence electrons. The molecule has 0 saturated carbocycles. The van der Waals surface area contributed by atoms with E-state index in [9.17, 15) is 9.59 Å². The van der Waals surface area contributed by atoms with Gasteiger partial charge in [0.15, 0.2) is 11.5 Å². The van der Waals surface area contributed by atoms with Gasteiger partial charge >= 0.3 is 0 Å². The lowest BCUT2D eigenvalue weighted by Crippen LogP contribution is -2.34. The van der Waals surface area contributed by atoms with Gasteiger partial charge in [-0.2, -0.15) is 0 Å². The van der Waals surface area contributed by atoms with Crippen molar-refractivity contribution in [1.82, 2.24) is 10.2 Å². The molecule has 0 aromatic heterocycles. The van der Waals surface area contributed by atoms with E-state index in [1.165, 1.54) is 0 Å². The van der Waals surface area contributed by atoms with Crippen LogP contribution in [0.1, 0.15) is 38.5 Å². The lowest BCUT2D eigenvalue weighted by molar-refractivity contribution is -0.130. The largest absolute Gasteiger partial charge is 0.493 e. The van der Waals surface area contributed by atoms with Crippen molar-refractivity contribution in [3.8, 4) is 11.5 Å². The van der Waals surface area contributed by atoms with Gasteiger partial charge in [-0.25, -0.2) is 0 Å². The van der Waals surface area contributed by atoms with E-state index < -0.39 is 0 Å². The summed E-state index contributed by atoms with van der Waals surface area (Å²) in [7, 11) is 1.59. The highest BCUT2D eigenvalue weighted by molar-refractivity contribution is 5.76. The van der Waals surface area contributed by atoms with Crippen LogP contribution in [-0.4, -0.2) is 50.1 Å². The molecule has 25 heavy (non-hydrogen) atoms.